The third-order valence-electron chi connectivity index (χ3n) is 4.26. The molecule has 0 unspecified atom stereocenters. The number of phenolic OH excluding ortho intramolecular Hbond substituents is 1. The topological polar surface area (TPSA) is 92.7 Å². The van der Waals surface area contributed by atoms with E-state index in [0.717, 1.165) is 5.56 Å². The summed E-state index contributed by atoms with van der Waals surface area (Å²) in [6.45, 7) is 1.72. The zero-order chi connectivity index (χ0) is 18.9. The third kappa shape index (κ3) is 3.78. The van der Waals surface area contributed by atoms with Crippen molar-refractivity contribution < 1.29 is 23.1 Å². The van der Waals surface area contributed by atoms with Gasteiger partial charge in [-0.1, -0.05) is 18.5 Å². The Morgan fingerprint density at radius 2 is 2.08 bits per heavy atom. The first kappa shape index (κ1) is 18.5. The van der Waals surface area contributed by atoms with E-state index in [0.29, 0.717) is 17.2 Å². The van der Waals surface area contributed by atoms with Gasteiger partial charge in [0.2, 0.25) is 5.91 Å². The molecule has 8 heteroatoms. The number of halogens is 1. The molecule has 138 valence electrons. The quantitative estimate of drug-likeness (QED) is 0.776. The molecule has 1 amide bonds. The van der Waals surface area contributed by atoms with Crippen molar-refractivity contribution >= 4 is 33.0 Å². The molecule has 0 saturated carbocycles. The first-order valence-electron chi connectivity index (χ1n) is 8.08. The molecule has 6 nitrogen and oxygen atoms in total. The fraction of sp³-hybridized carbons (Fsp3) is 0.278. The lowest BCUT2D eigenvalue weighted by Crippen LogP contribution is -2.32. The molecule has 0 spiro atoms. The normalized spacial score (nSPS) is 16.5. The van der Waals surface area contributed by atoms with Crippen LogP contribution >= 0.6 is 11.6 Å². The number of hydrogen-bond acceptors (Lipinski definition) is 5. The summed E-state index contributed by atoms with van der Waals surface area (Å²) >= 11 is 5.98. The number of hydrogen-bond donors (Lipinski definition) is 2. The summed E-state index contributed by atoms with van der Waals surface area (Å²) in [5, 5.41) is 13.1. The van der Waals surface area contributed by atoms with Crippen molar-refractivity contribution in [2.24, 2.45) is 5.92 Å². The highest BCUT2D eigenvalue weighted by atomic mass is 35.5. The van der Waals surface area contributed by atoms with Crippen LogP contribution in [0.1, 0.15) is 12.5 Å². The minimum atomic E-state index is -3.44. The average molecular weight is 396 g/mol. The fourth-order valence-corrected chi connectivity index (χ4v) is 3.84. The maximum absolute atomic E-state index is 12.6. The van der Waals surface area contributed by atoms with Gasteiger partial charge in [-0.25, -0.2) is 8.42 Å². The molecule has 1 atom stereocenters. The van der Waals surface area contributed by atoms with E-state index in [1.54, 1.807) is 18.2 Å². The highest BCUT2D eigenvalue weighted by Crippen LogP contribution is 2.32. The SMILES string of the molecule is CCS(=O)(=O)c1ccc(O)c(NC(=O)[C@@H]2COc3ccc(Cl)cc3C2)c1. The molecule has 2 aromatic carbocycles. The van der Waals surface area contributed by atoms with Gasteiger partial charge in [0.25, 0.3) is 0 Å². The second-order valence-electron chi connectivity index (χ2n) is 6.04. The number of anilines is 1. The van der Waals surface area contributed by atoms with Crippen LogP contribution in [0.3, 0.4) is 0 Å². The van der Waals surface area contributed by atoms with Crippen LogP contribution in [0.25, 0.3) is 0 Å². The highest BCUT2D eigenvalue weighted by Gasteiger charge is 2.27. The molecule has 0 bridgehead atoms. The molecule has 0 saturated heterocycles. The zero-order valence-corrected chi connectivity index (χ0v) is 15.6. The van der Waals surface area contributed by atoms with Gasteiger partial charge in [-0.05, 0) is 48.4 Å². The van der Waals surface area contributed by atoms with Crippen molar-refractivity contribution in [3.63, 3.8) is 0 Å². The predicted molar refractivity (Wildman–Crippen MR) is 98.6 cm³/mol. The molecule has 1 aliphatic rings. The van der Waals surface area contributed by atoms with Crippen molar-refractivity contribution in [3.05, 3.63) is 47.0 Å². The van der Waals surface area contributed by atoms with Crippen LogP contribution in [-0.2, 0) is 21.1 Å². The first-order chi connectivity index (χ1) is 12.3. The van der Waals surface area contributed by atoms with Gasteiger partial charge >= 0.3 is 0 Å². The third-order valence-corrected chi connectivity index (χ3v) is 6.23. The predicted octanol–water partition coefficient (Wildman–Crippen LogP) is 3.03. The molecule has 0 aliphatic carbocycles. The van der Waals surface area contributed by atoms with Crippen LogP contribution in [0.5, 0.6) is 11.5 Å². The molecular weight excluding hydrogens is 378 g/mol. The number of rotatable bonds is 4. The number of phenols is 1. The zero-order valence-electron chi connectivity index (χ0n) is 14.0. The van der Waals surface area contributed by atoms with Crippen molar-refractivity contribution in [2.45, 2.75) is 18.2 Å². The molecule has 0 fully saturated rings. The summed E-state index contributed by atoms with van der Waals surface area (Å²) in [5.41, 5.74) is 0.886. The summed E-state index contributed by atoms with van der Waals surface area (Å²) in [7, 11) is -3.44. The minimum Gasteiger partial charge on any atom is -0.506 e. The number of carbonyl (C=O) groups is 1. The Morgan fingerprint density at radius 1 is 1.31 bits per heavy atom. The van der Waals surface area contributed by atoms with Crippen molar-refractivity contribution in [2.75, 3.05) is 17.7 Å². The van der Waals surface area contributed by atoms with Crippen molar-refractivity contribution in [1.29, 1.82) is 0 Å². The molecule has 26 heavy (non-hydrogen) atoms. The van der Waals surface area contributed by atoms with E-state index in [9.17, 15) is 18.3 Å². The maximum Gasteiger partial charge on any atom is 0.231 e. The Morgan fingerprint density at radius 3 is 2.81 bits per heavy atom. The van der Waals surface area contributed by atoms with Crippen LogP contribution in [0.15, 0.2) is 41.3 Å². The van der Waals surface area contributed by atoms with Crippen LogP contribution in [-0.4, -0.2) is 31.8 Å². The van der Waals surface area contributed by atoms with Gasteiger partial charge in [-0.2, -0.15) is 0 Å². The van der Waals surface area contributed by atoms with Crippen LogP contribution in [0, 0.1) is 5.92 Å². The van der Waals surface area contributed by atoms with E-state index in [1.807, 2.05) is 0 Å². The molecule has 2 N–H and O–H groups in total. The largest absolute Gasteiger partial charge is 0.506 e. The highest BCUT2D eigenvalue weighted by molar-refractivity contribution is 7.91. The monoisotopic (exact) mass is 395 g/mol. The summed E-state index contributed by atoms with van der Waals surface area (Å²) in [6.07, 6.45) is 0.440. The second-order valence-corrected chi connectivity index (χ2v) is 8.75. The average Bonchev–Trinajstić information content (AvgIpc) is 2.62. The number of carbonyl (C=O) groups excluding carboxylic acids is 1. The van der Waals surface area contributed by atoms with Crippen molar-refractivity contribution in [1.82, 2.24) is 0 Å². The van der Waals surface area contributed by atoms with Gasteiger partial charge in [0, 0.05) is 5.02 Å². The summed E-state index contributed by atoms with van der Waals surface area (Å²) in [6, 6.07) is 9.06. The molecule has 1 aliphatic heterocycles. The summed E-state index contributed by atoms with van der Waals surface area (Å²) < 4.78 is 29.6. The molecule has 3 rings (SSSR count). The number of aromatic hydroxyl groups is 1. The van der Waals surface area contributed by atoms with E-state index in [4.69, 9.17) is 16.3 Å². The number of fused-ring (bicyclic) bond motifs is 1. The van der Waals surface area contributed by atoms with E-state index in [2.05, 4.69) is 5.32 Å². The Labute approximate surface area is 156 Å². The number of nitrogens with one attached hydrogen (secondary N) is 1. The summed E-state index contributed by atoms with van der Waals surface area (Å²) in [4.78, 5) is 12.6. The van der Waals surface area contributed by atoms with Crippen LogP contribution < -0.4 is 10.1 Å². The summed E-state index contributed by atoms with van der Waals surface area (Å²) in [5.74, 6) is -0.422. The molecular formula is C18H18ClNO5S. The standard InChI is InChI=1S/C18H18ClNO5S/c1-2-26(23,24)14-4-5-16(21)15(9-14)20-18(22)12-7-11-8-13(19)3-6-17(11)25-10-12/h3-6,8-9,12,21H,2,7,10H2,1H3,(H,20,22)/t12-/m0/s1. The number of sulfone groups is 1. The Kier molecular flexibility index (Phi) is 5.11. The van der Waals surface area contributed by atoms with Gasteiger partial charge in [-0.15, -0.1) is 0 Å². The van der Waals surface area contributed by atoms with Crippen molar-refractivity contribution in [3.8, 4) is 11.5 Å². The number of ether oxygens (including phenoxy) is 1. The van der Waals surface area contributed by atoms with Crippen LogP contribution in [0.2, 0.25) is 5.02 Å². The Hall–Kier alpha value is -2.25. The van der Waals surface area contributed by atoms with E-state index in [1.165, 1.54) is 25.1 Å². The van der Waals surface area contributed by atoms with E-state index >= 15 is 0 Å². The lowest BCUT2D eigenvalue weighted by molar-refractivity contribution is -0.121. The lowest BCUT2D eigenvalue weighted by Gasteiger charge is -2.25. The number of amides is 1. The van der Waals surface area contributed by atoms with Gasteiger partial charge in [0.05, 0.1) is 22.3 Å². The Balaban J connectivity index is 1.79. The van der Waals surface area contributed by atoms with Gasteiger partial charge in [0.15, 0.2) is 9.84 Å². The Bertz CT molecular complexity index is 958. The minimum absolute atomic E-state index is 0.0464. The first-order valence-corrected chi connectivity index (χ1v) is 10.1. The molecule has 0 aromatic heterocycles. The smallest absolute Gasteiger partial charge is 0.231 e. The molecule has 0 radical (unpaired) electrons. The molecule has 1 heterocycles. The number of benzene rings is 2. The van der Waals surface area contributed by atoms with E-state index in [-0.39, 0.29) is 34.6 Å². The lowest BCUT2D eigenvalue weighted by atomic mass is 9.96. The fourth-order valence-electron chi connectivity index (χ4n) is 2.74. The van der Waals surface area contributed by atoms with Gasteiger partial charge in [-0.3, -0.25) is 4.79 Å². The molecule has 2 aromatic rings. The second kappa shape index (κ2) is 7.17. The van der Waals surface area contributed by atoms with E-state index < -0.39 is 15.8 Å². The van der Waals surface area contributed by atoms with Gasteiger partial charge < -0.3 is 15.2 Å². The van der Waals surface area contributed by atoms with Crippen LogP contribution in [0.4, 0.5) is 5.69 Å². The van der Waals surface area contributed by atoms with Gasteiger partial charge in [0.1, 0.15) is 18.1 Å². The maximum atomic E-state index is 12.6.